The number of carbonyl (C=O) groups excluding carboxylic acids is 1. The fourth-order valence-corrected chi connectivity index (χ4v) is 2.13. The number of likely N-dealkylation sites (tertiary alicyclic amines) is 1. The van der Waals surface area contributed by atoms with Crippen LogP contribution in [-0.2, 0) is 0 Å². The minimum Gasteiger partial charge on any atom is -0.303 e. The third kappa shape index (κ3) is 3.33. The van der Waals surface area contributed by atoms with Crippen molar-refractivity contribution in [2.24, 2.45) is 0 Å². The highest BCUT2D eigenvalue weighted by Crippen LogP contribution is 2.12. The van der Waals surface area contributed by atoms with Crippen LogP contribution in [0.25, 0.3) is 0 Å². The number of hydrogen-bond acceptors (Lipinski definition) is 2. The van der Waals surface area contributed by atoms with E-state index >= 15 is 0 Å². The Bertz CT molecular complexity index is 394. The third-order valence-corrected chi connectivity index (χ3v) is 3.04. The van der Waals surface area contributed by atoms with E-state index in [2.05, 4.69) is 4.90 Å². The zero-order valence-electron chi connectivity index (χ0n) is 9.59. The molecule has 0 saturated carbocycles. The zero-order chi connectivity index (χ0) is 12.3. The van der Waals surface area contributed by atoms with Crippen LogP contribution in [0, 0.1) is 11.6 Å². The number of hydrogen-bond donors (Lipinski definition) is 0. The monoisotopic (exact) mass is 239 g/mol. The van der Waals surface area contributed by atoms with Crippen LogP contribution in [0.5, 0.6) is 0 Å². The van der Waals surface area contributed by atoms with Gasteiger partial charge in [-0.25, -0.2) is 8.78 Å². The molecule has 0 bridgehead atoms. The molecule has 0 spiro atoms. The summed E-state index contributed by atoms with van der Waals surface area (Å²) in [6.07, 6.45) is 2.66. The van der Waals surface area contributed by atoms with Crippen molar-refractivity contribution in [1.82, 2.24) is 4.90 Å². The number of nitrogens with zero attached hydrogens (tertiary/aromatic N) is 1. The Labute approximate surface area is 99.2 Å². The molecule has 2 rings (SSSR count). The third-order valence-electron chi connectivity index (χ3n) is 3.04. The molecule has 0 aliphatic carbocycles. The van der Waals surface area contributed by atoms with Gasteiger partial charge in [-0.3, -0.25) is 4.79 Å². The van der Waals surface area contributed by atoms with Crippen LogP contribution in [-0.4, -0.2) is 30.3 Å². The lowest BCUT2D eigenvalue weighted by molar-refractivity contribution is 0.0968. The number of rotatable bonds is 4. The Hall–Kier alpha value is -1.29. The van der Waals surface area contributed by atoms with E-state index in [9.17, 15) is 13.6 Å². The Kier molecular flexibility index (Phi) is 3.84. The van der Waals surface area contributed by atoms with E-state index in [4.69, 9.17) is 0 Å². The second-order valence-electron chi connectivity index (χ2n) is 4.38. The summed E-state index contributed by atoms with van der Waals surface area (Å²) < 4.78 is 25.9. The molecule has 0 atom stereocenters. The molecular weight excluding hydrogens is 224 g/mol. The second kappa shape index (κ2) is 5.36. The predicted molar refractivity (Wildman–Crippen MR) is 61.0 cm³/mol. The summed E-state index contributed by atoms with van der Waals surface area (Å²) >= 11 is 0. The normalized spacial score (nSPS) is 16.4. The summed E-state index contributed by atoms with van der Waals surface area (Å²) in [6.45, 7) is 2.71. The molecule has 0 N–H and O–H groups in total. The SMILES string of the molecule is O=C(CCN1CCCC1)c1cc(F)cc(F)c1. The first kappa shape index (κ1) is 12.2. The van der Waals surface area contributed by atoms with Crippen LogP contribution in [0.2, 0.25) is 0 Å². The van der Waals surface area contributed by atoms with Gasteiger partial charge in [-0.2, -0.15) is 0 Å². The van der Waals surface area contributed by atoms with Gasteiger partial charge in [-0.15, -0.1) is 0 Å². The zero-order valence-corrected chi connectivity index (χ0v) is 9.59. The van der Waals surface area contributed by atoms with E-state index in [0.717, 1.165) is 31.3 Å². The topological polar surface area (TPSA) is 20.3 Å². The molecule has 1 saturated heterocycles. The fraction of sp³-hybridized carbons (Fsp3) is 0.462. The lowest BCUT2D eigenvalue weighted by atomic mass is 10.1. The maximum absolute atomic E-state index is 12.9. The fourth-order valence-electron chi connectivity index (χ4n) is 2.13. The van der Waals surface area contributed by atoms with Crippen molar-refractivity contribution in [3.8, 4) is 0 Å². The Morgan fingerprint density at radius 1 is 1.12 bits per heavy atom. The minimum atomic E-state index is -0.700. The first-order valence-corrected chi connectivity index (χ1v) is 5.87. The minimum absolute atomic E-state index is 0.127. The van der Waals surface area contributed by atoms with Gasteiger partial charge >= 0.3 is 0 Å². The lowest BCUT2D eigenvalue weighted by Crippen LogP contribution is -2.22. The number of Topliss-reactive ketones (excluding diaryl/α,β-unsaturated/α-hetero) is 1. The predicted octanol–water partition coefficient (Wildman–Crippen LogP) is 2.63. The molecule has 1 aromatic carbocycles. The van der Waals surface area contributed by atoms with Crippen LogP contribution >= 0.6 is 0 Å². The standard InChI is InChI=1S/C13H15F2NO/c14-11-7-10(8-12(15)9-11)13(17)3-6-16-4-1-2-5-16/h7-9H,1-6H2. The van der Waals surface area contributed by atoms with Crippen molar-refractivity contribution >= 4 is 5.78 Å². The molecule has 1 aliphatic heterocycles. The van der Waals surface area contributed by atoms with Gasteiger partial charge in [0.1, 0.15) is 11.6 Å². The maximum atomic E-state index is 12.9. The Morgan fingerprint density at radius 2 is 1.71 bits per heavy atom. The van der Waals surface area contributed by atoms with Crippen molar-refractivity contribution in [2.45, 2.75) is 19.3 Å². The van der Waals surface area contributed by atoms with Crippen LogP contribution in [0.3, 0.4) is 0 Å². The second-order valence-corrected chi connectivity index (χ2v) is 4.38. The van der Waals surface area contributed by atoms with Crippen molar-refractivity contribution < 1.29 is 13.6 Å². The molecule has 17 heavy (non-hydrogen) atoms. The summed E-state index contributed by atoms with van der Waals surface area (Å²) in [4.78, 5) is 13.9. The van der Waals surface area contributed by atoms with Crippen molar-refractivity contribution in [3.05, 3.63) is 35.4 Å². The molecule has 1 aromatic rings. The average Bonchev–Trinajstić information content (AvgIpc) is 2.77. The molecule has 1 heterocycles. The smallest absolute Gasteiger partial charge is 0.164 e. The van der Waals surface area contributed by atoms with Gasteiger partial charge in [0.05, 0.1) is 0 Å². The van der Waals surface area contributed by atoms with Crippen molar-refractivity contribution in [1.29, 1.82) is 0 Å². The van der Waals surface area contributed by atoms with Gasteiger partial charge in [0, 0.05) is 24.6 Å². The van der Waals surface area contributed by atoms with E-state index in [1.54, 1.807) is 0 Å². The van der Waals surface area contributed by atoms with E-state index < -0.39 is 11.6 Å². The van der Waals surface area contributed by atoms with Gasteiger partial charge in [0.2, 0.25) is 0 Å². The van der Waals surface area contributed by atoms with Gasteiger partial charge in [0.15, 0.2) is 5.78 Å². The van der Waals surface area contributed by atoms with E-state index in [1.807, 2.05) is 0 Å². The van der Waals surface area contributed by atoms with Crippen molar-refractivity contribution in [3.63, 3.8) is 0 Å². The molecule has 0 radical (unpaired) electrons. The van der Waals surface area contributed by atoms with Crippen molar-refractivity contribution in [2.75, 3.05) is 19.6 Å². The summed E-state index contributed by atoms with van der Waals surface area (Å²) in [5.41, 5.74) is 0.127. The number of halogens is 2. The lowest BCUT2D eigenvalue weighted by Gasteiger charge is -2.13. The summed E-state index contributed by atoms with van der Waals surface area (Å²) in [7, 11) is 0. The number of benzene rings is 1. The largest absolute Gasteiger partial charge is 0.303 e. The maximum Gasteiger partial charge on any atom is 0.164 e. The Morgan fingerprint density at radius 3 is 2.29 bits per heavy atom. The number of carbonyl (C=O) groups is 1. The van der Waals surface area contributed by atoms with Gasteiger partial charge < -0.3 is 4.90 Å². The molecule has 1 aliphatic rings. The van der Waals surface area contributed by atoms with E-state index in [0.29, 0.717) is 13.0 Å². The van der Waals surface area contributed by atoms with Gasteiger partial charge in [-0.05, 0) is 38.1 Å². The van der Waals surface area contributed by atoms with Gasteiger partial charge in [0.25, 0.3) is 0 Å². The van der Waals surface area contributed by atoms with Crippen LogP contribution in [0.1, 0.15) is 29.6 Å². The molecule has 0 aromatic heterocycles. The van der Waals surface area contributed by atoms with Gasteiger partial charge in [-0.1, -0.05) is 0 Å². The summed E-state index contributed by atoms with van der Waals surface area (Å²) in [5, 5.41) is 0. The van der Waals surface area contributed by atoms with Crippen LogP contribution in [0.4, 0.5) is 8.78 Å². The molecule has 4 heteroatoms. The molecule has 1 fully saturated rings. The molecular formula is C13H15F2NO. The van der Waals surface area contributed by atoms with Crippen LogP contribution < -0.4 is 0 Å². The van der Waals surface area contributed by atoms with E-state index in [1.165, 1.54) is 12.8 Å². The summed E-state index contributed by atoms with van der Waals surface area (Å²) in [6, 6.07) is 2.96. The quantitative estimate of drug-likeness (QED) is 0.753. The molecule has 2 nitrogen and oxygen atoms in total. The van der Waals surface area contributed by atoms with E-state index in [-0.39, 0.29) is 11.3 Å². The molecule has 92 valence electrons. The average molecular weight is 239 g/mol. The summed E-state index contributed by atoms with van der Waals surface area (Å²) in [5.74, 6) is -1.60. The molecule has 0 amide bonds. The Balaban J connectivity index is 1.94. The first-order chi connectivity index (χ1) is 8.15. The first-order valence-electron chi connectivity index (χ1n) is 5.87. The highest BCUT2D eigenvalue weighted by Gasteiger charge is 2.14. The van der Waals surface area contributed by atoms with Crippen LogP contribution in [0.15, 0.2) is 18.2 Å². The highest BCUT2D eigenvalue weighted by molar-refractivity contribution is 5.96. The molecule has 0 unspecified atom stereocenters. The number of ketones is 1. The highest BCUT2D eigenvalue weighted by atomic mass is 19.1.